The first-order chi connectivity index (χ1) is 28.1. The molecule has 0 aromatic heterocycles. The summed E-state index contributed by atoms with van der Waals surface area (Å²) in [4.78, 5) is 37.9. The molecule has 0 amide bonds. The van der Waals surface area contributed by atoms with Crippen LogP contribution in [0.5, 0.6) is 0 Å². The summed E-state index contributed by atoms with van der Waals surface area (Å²) in [5, 5.41) is 0. The third-order valence-electron chi connectivity index (χ3n) is 12.0. The van der Waals surface area contributed by atoms with E-state index in [1.165, 1.54) is 161 Å². The van der Waals surface area contributed by atoms with Gasteiger partial charge in [-0.2, -0.15) is 0 Å². The highest BCUT2D eigenvalue weighted by molar-refractivity contribution is 5.71. The standard InChI is InChI=1S/C52H100O6/c1-7-48(6)40-34-28-22-18-19-25-31-37-43-52(55)58-49(45-57-51(54)42-36-30-24-17-13-15-21-27-33-39-47(4)5)44-56-50(53)41-35-29-23-16-12-10-8-9-11-14-20-26-32-38-46(2)3/h46-49H,7-45H2,1-6H3/t48?,49-/m1/s1. The number of ether oxygens (including phenoxy) is 3. The highest BCUT2D eigenvalue weighted by Crippen LogP contribution is 2.18. The van der Waals surface area contributed by atoms with E-state index < -0.39 is 6.10 Å². The number of esters is 3. The van der Waals surface area contributed by atoms with Crippen molar-refractivity contribution in [2.75, 3.05) is 13.2 Å². The molecule has 0 aliphatic rings. The minimum absolute atomic E-state index is 0.0652. The van der Waals surface area contributed by atoms with Crippen molar-refractivity contribution in [3.63, 3.8) is 0 Å². The van der Waals surface area contributed by atoms with Gasteiger partial charge < -0.3 is 14.2 Å². The summed E-state index contributed by atoms with van der Waals surface area (Å²) in [5.74, 6) is 1.64. The molecule has 0 aromatic carbocycles. The molecule has 6 nitrogen and oxygen atoms in total. The van der Waals surface area contributed by atoms with Gasteiger partial charge in [-0.3, -0.25) is 14.4 Å². The molecule has 0 spiro atoms. The Kier molecular flexibility index (Phi) is 42.3. The maximum absolute atomic E-state index is 12.8. The van der Waals surface area contributed by atoms with Gasteiger partial charge >= 0.3 is 17.9 Å². The van der Waals surface area contributed by atoms with Gasteiger partial charge in [0.15, 0.2) is 6.10 Å². The van der Waals surface area contributed by atoms with Crippen molar-refractivity contribution in [2.24, 2.45) is 17.8 Å². The van der Waals surface area contributed by atoms with E-state index in [2.05, 4.69) is 41.5 Å². The van der Waals surface area contributed by atoms with Crippen LogP contribution >= 0.6 is 0 Å². The summed E-state index contributed by atoms with van der Waals surface area (Å²) in [5.41, 5.74) is 0. The SMILES string of the molecule is CCC(C)CCCCCCCCCCC(=O)O[C@H](COC(=O)CCCCCCCCCCCCCCCC(C)C)COC(=O)CCCCCCCCCCCC(C)C. The molecular weight excluding hydrogens is 721 g/mol. The Hall–Kier alpha value is -1.59. The van der Waals surface area contributed by atoms with Crippen molar-refractivity contribution in [2.45, 2.75) is 285 Å². The number of hydrogen-bond acceptors (Lipinski definition) is 6. The summed E-state index contributed by atoms with van der Waals surface area (Å²) >= 11 is 0. The smallest absolute Gasteiger partial charge is 0.306 e. The van der Waals surface area contributed by atoms with E-state index >= 15 is 0 Å². The highest BCUT2D eigenvalue weighted by atomic mass is 16.6. The molecule has 0 saturated carbocycles. The molecule has 0 N–H and O–H groups in total. The van der Waals surface area contributed by atoms with E-state index in [1.54, 1.807) is 0 Å². The molecule has 0 heterocycles. The quantitative estimate of drug-likeness (QED) is 0.0346. The molecular formula is C52H100O6. The molecule has 0 rings (SSSR count). The fourth-order valence-corrected chi connectivity index (χ4v) is 7.73. The average Bonchev–Trinajstić information content (AvgIpc) is 3.19. The van der Waals surface area contributed by atoms with Crippen LogP contribution in [0.3, 0.4) is 0 Å². The number of carbonyl (C=O) groups excluding carboxylic acids is 3. The second kappa shape index (κ2) is 43.5. The zero-order valence-corrected chi connectivity index (χ0v) is 39.8. The van der Waals surface area contributed by atoms with Gasteiger partial charge in [0.1, 0.15) is 13.2 Å². The largest absolute Gasteiger partial charge is 0.462 e. The number of carbonyl (C=O) groups is 3. The van der Waals surface area contributed by atoms with Crippen LogP contribution in [-0.4, -0.2) is 37.2 Å². The van der Waals surface area contributed by atoms with Crippen molar-refractivity contribution >= 4 is 17.9 Å². The lowest BCUT2D eigenvalue weighted by Crippen LogP contribution is -2.30. The van der Waals surface area contributed by atoms with Crippen molar-refractivity contribution in [1.29, 1.82) is 0 Å². The zero-order chi connectivity index (χ0) is 42.7. The molecule has 58 heavy (non-hydrogen) atoms. The predicted octanol–water partition coefficient (Wildman–Crippen LogP) is 16.4. The maximum atomic E-state index is 12.8. The Bertz CT molecular complexity index is 900. The first-order valence-corrected chi connectivity index (χ1v) is 25.6. The molecule has 0 saturated heterocycles. The zero-order valence-electron chi connectivity index (χ0n) is 39.8. The maximum Gasteiger partial charge on any atom is 0.306 e. The molecule has 6 heteroatoms. The highest BCUT2D eigenvalue weighted by Gasteiger charge is 2.19. The minimum Gasteiger partial charge on any atom is -0.462 e. The van der Waals surface area contributed by atoms with Gasteiger partial charge in [-0.15, -0.1) is 0 Å². The molecule has 0 aliphatic carbocycles. The van der Waals surface area contributed by atoms with E-state index in [0.29, 0.717) is 19.3 Å². The topological polar surface area (TPSA) is 78.9 Å². The summed E-state index contributed by atoms with van der Waals surface area (Å²) in [6.45, 7) is 13.7. The fraction of sp³-hybridized carbons (Fsp3) is 0.942. The van der Waals surface area contributed by atoms with E-state index in [9.17, 15) is 14.4 Å². The lowest BCUT2D eigenvalue weighted by molar-refractivity contribution is -0.167. The summed E-state index contributed by atoms with van der Waals surface area (Å²) in [6, 6.07) is 0. The van der Waals surface area contributed by atoms with Crippen LogP contribution < -0.4 is 0 Å². The lowest BCUT2D eigenvalue weighted by Gasteiger charge is -2.18. The molecule has 0 aromatic rings. The van der Waals surface area contributed by atoms with E-state index in [0.717, 1.165) is 75.5 Å². The Balaban J connectivity index is 4.31. The van der Waals surface area contributed by atoms with Gasteiger partial charge in [0.05, 0.1) is 0 Å². The van der Waals surface area contributed by atoms with Crippen molar-refractivity contribution < 1.29 is 28.6 Å². The number of hydrogen-bond donors (Lipinski definition) is 0. The molecule has 2 atom stereocenters. The molecule has 1 unspecified atom stereocenters. The van der Waals surface area contributed by atoms with E-state index in [-0.39, 0.29) is 31.1 Å². The van der Waals surface area contributed by atoms with Gasteiger partial charge in [-0.25, -0.2) is 0 Å². The molecule has 0 bridgehead atoms. The first kappa shape index (κ1) is 56.4. The van der Waals surface area contributed by atoms with Gasteiger partial charge in [0.2, 0.25) is 0 Å². The van der Waals surface area contributed by atoms with Crippen LogP contribution in [-0.2, 0) is 28.6 Å². The van der Waals surface area contributed by atoms with Crippen LogP contribution in [0, 0.1) is 17.8 Å². The molecule has 0 aliphatic heterocycles. The summed E-state index contributed by atoms with van der Waals surface area (Å²) in [6.07, 6.45) is 42.3. The normalized spacial score (nSPS) is 12.6. The van der Waals surface area contributed by atoms with Crippen LogP contribution in [0.1, 0.15) is 279 Å². The number of unbranched alkanes of at least 4 members (excludes halogenated alkanes) is 27. The van der Waals surface area contributed by atoms with Crippen LogP contribution in [0.4, 0.5) is 0 Å². The van der Waals surface area contributed by atoms with Gasteiger partial charge in [-0.05, 0) is 37.0 Å². The van der Waals surface area contributed by atoms with Crippen molar-refractivity contribution in [1.82, 2.24) is 0 Å². The van der Waals surface area contributed by atoms with Gasteiger partial charge in [-0.1, -0.05) is 241 Å². The average molecular weight is 821 g/mol. The van der Waals surface area contributed by atoms with Crippen molar-refractivity contribution in [3.05, 3.63) is 0 Å². The minimum atomic E-state index is -0.763. The third-order valence-corrected chi connectivity index (χ3v) is 12.0. The summed E-state index contributed by atoms with van der Waals surface area (Å²) in [7, 11) is 0. The third kappa shape index (κ3) is 44.0. The van der Waals surface area contributed by atoms with Crippen LogP contribution in [0.15, 0.2) is 0 Å². The van der Waals surface area contributed by atoms with Gasteiger partial charge in [0.25, 0.3) is 0 Å². The Morgan fingerprint density at radius 2 is 0.603 bits per heavy atom. The van der Waals surface area contributed by atoms with E-state index in [1.807, 2.05) is 0 Å². The second-order valence-corrected chi connectivity index (χ2v) is 19.0. The Morgan fingerprint density at radius 3 is 0.897 bits per heavy atom. The Morgan fingerprint density at radius 1 is 0.345 bits per heavy atom. The molecule has 0 radical (unpaired) electrons. The van der Waals surface area contributed by atoms with E-state index in [4.69, 9.17) is 14.2 Å². The van der Waals surface area contributed by atoms with Crippen LogP contribution in [0.25, 0.3) is 0 Å². The summed E-state index contributed by atoms with van der Waals surface area (Å²) < 4.78 is 16.8. The molecule has 0 fully saturated rings. The van der Waals surface area contributed by atoms with Gasteiger partial charge in [0, 0.05) is 19.3 Å². The second-order valence-electron chi connectivity index (χ2n) is 19.0. The lowest BCUT2D eigenvalue weighted by atomic mass is 9.99. The van der Waals surface area contributed by atoms with Crippen molar-refractivity contribution in [3.8, 4) is 0 Å². The number of rotatable bonds is 45. The Labute approximate surface area is 361 Å². The predicted molar refractivity (Wildman–Crippen MR) is 247 cm³/mol. The van der Waals surface area contributed by atoms with Crippen LogP contribution in [0.2, 0.25) is 0 Å². The monoisotopic (exact) mass is 821 g/mol. The first-order valence-electron chi connectivity index (χ1n) is 25.6. The molecule has 344 valence electrons. The fourth-order valence-electron chi connectivity index (χ4n) is 7.73.